The molecule has 2 aromatic carbocycles. The van der Waals surface area contributed by atoms with E-state index in [4.69, 9.17) is 19.2 Å². The number of rotatable bonds is 7. The smallest absolute Gasteiger partial charge is 0.307 e. The van der Waals surface area contributed by atoms with Crippen LogP contribution in [0.2, 0.25) is 0 Å². The molecule has 1 N–H and O–H groups in total. The van der Waals surface area contributed by atoms with E-state index in [1.54, 1.807) is 30.3 Å². The van der Waals surface area contributed by atoms with E-state index < -0.39 is 5.91 Å². The van der Waals surface area contributed by atoms with Gasteiger partial charge in [-0.3, -0.25) is 4.79 Å². The van der Waals surface area contributed by atoms with Crippen molar-refractivity contribution in [3.05, 3.63) is 58.3 Å². The predicted molar refractivity (Wildman–Crippen MR) is 108 cm³/mol. The third kappa shape index (κ3) is 4.69. The molecular formula is C20H16BrN3O4. The molecular weight excluding hydrogens is 426 g/mol. The van der Waals surface area contributed by atoms with Crippen molar-refractivity contribution in [1.82, 2.24) is 5.43 Å². The second-order valence-electron chi connectivity index (χ2n) is 5.58. The van der Waals surface area contributed by atoms with Crippen molar-refractivity contribution in [2.45, 2.75) is 6.92 Å². The molecule has 7 nitrogen and oxygen atoms in total. The van der Waals surface area contributed by atoms with Crippen LogP contribution in [0.5, 0.6) is 11.5 Å². The maximum atomic E-state index is 12.2. The summed E-state index contributed by atoms with van der Waals surface area (Å²) in [4.78, 5) is 12.2. The Morgan fingerprint density at radius 3 is 2.89 bits per heavy atom. The first kappa shape index (κ1) is 19.5. The number of carbonyl (C=O) groups is 1. The van der Waals surface area contributed by atoms with E-state index >= 15 is 0 Å². The molecule has 0 aliphatic carbocycles. The average Bonchev–Trinajstić information content (AvgIpc) is 3.11. The average molecular weight is 442 g/mol. The van der Waals surface area contributed by atoms with Gasteiger partial charge in [0.25, 0.3) is 0 Å². The van der Waals surface area contributed by atoms with Crippen molar-refractivity contribution < 1.29 is 18.7 Å². The Kier molecular flexibility index (Phi) is 6.29. The summed E-state index contributed by atoms with van der Waals surface area (Å²) in [5.74, 6) is 0.678. The summed E-state index contributed by atoms with van der Waals surface area (Å²) >= 11 is 3.38. The molecule has 0 fully saturated rings. The Morgan fingerprint density at radius 2 is 2.11 bits per heavy atom. The van der Waals surface area contributed by atoms with Gasteiger partial charge < -0.3 is 13.9 Å². The minimum absolute atomic E-state index is 0.0718. The van der Waals surface area contributed by atoms with E-state index in [0.717, 1.165) is 9.86 Å². The van der Waals surface area contributed by atoms with E-state index in [9.17, 15) is 4.79 Å². The summed E-state index contributed by atoms with van der Waals surface area (Å²) in [5, 5.41) is 13.4. The molecule has 8 heteroatoms. The number of hydrogen-bond donors (Lipinski definition) is 1. The van der Waals surface area contributed by atoms with Gasteiger partial charge in [-0.25, -0.2) is 5.43 Å². The number of fused-ring (bicyclic) bond motifs is 1. The number of nitrogens with one attached hydrogen (secondary N) is 1. The van der Waals surface area contributed by atoms with Gasteiger partial charge in [0.2, 0.25) is 0 Å². The van der Waals surface area contributed by atoms with Crippen LogP contribution in [-0.2, 0) is 0 Å². The molecule has 0 bridgehead atoms. The Bertz CT molecular complexity index is 1070. The first-order chi connectivity index (χ1) is 13.6. The van der Waals surface area contributed by atoms with Crippen molar-refractivity contribution in [3.8, 4) is 17.6 Å². The van der Waals surface area contributed by atoms with Crippen LogP contribution in [0.15, 0.2) is 56.5 Å². The van der Waals surface area contributed by atoms with Gasteiger partial charge in [0, 0.05) is 9.86 Å². The fourth-order valence-corrected chi connectivity index (χ4v) is 2.83. The van der Waals surface area contributed by atoms with Crippen LogP contribution in [0.3, 0.4) is 0 Å². The second-order valence-corrected chi connectivity index (χ2v) is 6.49. The van der Waals surface area contributed by atoms with Crippen LogP contribution in [0, 0.1) is 11.3 Å². The number of furan rings is 1. The molecule has 1 heterocycles. The van der Waals surface area contributed by atoms with Crippen molar-refractivity contribution >= 4 is 39.0 Å². The van der Waals surface area contributed by atoms with Gasteiger partial charge in [-0.1, -0.05) is 15.9 Å². The van der Waals surface area contributed by atoms with Crippen LogP contribution in [0.25, 0.3) is 11.0 Å². The van der Waals surface area contributed by atoms with Crippen LogP contribution in [-0.4, -0.2) is 25.3 Å². The predicted octanol–water partition coefficient (Wildman–Crippen LogP) is 4.26. The first-order valence-corrected chi connectivity index (χ1v) is 9.19. The van der Waals surface area contributed by atoms with Gasteiger partial charge in [-0.2, -0.15) is 10.4 Å². The fraction of sp³-hybridized carbons (Fsp3) is 0.150. The van der Waals surface area contributed by atoms with E-state index in [2.05, 4.69) is 26.5 Å². The lowest BCUT2D eigenvalue weighted by Gasteiger charge is -2.10. The lowest BCUT2D eigenvalue weighted by molar-refractivity contribution is 0.0929. The molecule has 3 aromatic rings. The van der Waals surface area contributed by atoms with Crippen molar-refractivity contribution in [2.75, 3.05) is 13.2 Å². The van der Waals surface area contributed by atoms with Gasteiger partial charge in [-0.05, 0) is 55.0 Å². The van der Waals surface area contributed by atoms with E-state index in [0.29, 0.717) is 29.3 Å². The Morgan fingerprint density at radius 1 is 1.25 bits per heavy atom. The largest absolute Gasteiger partial charge is 0.490 e. The topological polar surface area (TPSA) is 96.8 Å². The molecule has 0 atom stereocenters. The zero-order valence-corrected chi connectivity index (χ0v) is 16.5. The van der Waals surface area contributed by atoms with Crippen LogP contribution in [0.1, 0.15) is 23.0 Å². The van der Waals surface area contributed by atoms with Gasteiger partial charge in [0.05, 0.1) is 12.8 Å². The highest BCUT2D eigenvalue weighted by Gasteiger charge is 2.12. The number of hydrogen-bond acceptors (Lipinski definition) is 6. The second kappa shape index (κ2) is 9.06. The Labute approximate surface area is 169 Å². The number of nitrogens with zero attached hydrogens (tertiary/aromatic N) is 2. The van der Waals surface area contributed by atoms with Gasteiger partial charge in [0.1, 0.15) is 11.7 Å². The molecule has 0 saturated carbocycles. The minimum atomic E-state index is -0.456. The van der Waals surface area contributed by atoms with E-state index in [1.165, 1.54) is 6.21 Å². The zero-order valence-electron chi connectivity index (χ0n) is 14.9. The quantitative estimate of drug-likeness (QED) is 0.436. The van der Waals surface area contributed by atoms with Gasteiger partial charge in [-0.15, -0.1) is 0 Å². The van der Waals surface area contributed by atoms with Crippen LogP contribution in [0.4, 0.5) is 0 Å². The normalized spacial score (nSPS) is 10.8. The number of hydrazone groups is 1. The molecule has 0 radical (unpaired) electrons. The zero-order chi connectivity index (χ0) is 19.9. The Hall–Kier alpha value is -3.31. The van der Waals surface area contributed by atoms with Gasteiger partial charge >= 0.3 is 5.91 Å². The molecule has 0 unspecified atom stereocenters. The van der Waals surface area contributed by atoms with Crippen molar-refractivity contribution in [2.24, 2.45) is 5.10 Å². The summed E-state index contributed by atoms with van der Waals surface area (Å²) in [5.41, 5.74) is 3.75. The van der Waals surface area contributed by atoms with Gasteiger partial charge in [0.15, 0.2) is 23.9 Å². The number of amides is 1. The SMILES string of the molecule is CCOc1cc(/C=N/NC(=O)c2cc3cc(Br)ccc3o2)ccc1OCC#N. The molecule has 1 amide bonds. The van der Waals surface area contributed by atoms with E-state index in [1.807, 2.05) is 25.1 Å². The maximum Gasteiger partial charge on any atom is 0.307 e. The van der Waals surface area contributed by atoms with E-state index in [-0.39, 0.29) is 12.4 Å². The third-order valence-electron chi connectivity index (χ3n) is 3.64. The third-order valence-corrected chi connectivity index (χ3v) is 4.13. The number of nitriles is 1. The highest BCUT2D eigenvalue weighted by Crippen LogP contribution is 2.28. The molecule has 0 saturated heterocycles. The first-order valence-electron chi connectivity index (χ1n) is 8.40. The molecule has 1 aromatic heterocycles. The lowest BCUT2D eigenvalue weighted by atomic mass is 10.2. The summed E-state index contributed by atoms with van der Waals surface area (Å²) in [6.45, 7) is 2.22. The summed E-state index contributed by atoms with van der Waals surface area (Å²) in [6, 6.07) is 14.2. The summed E-state index contributed by atoms with van der Waals surface area (Å²) in [7, 11) is 0. The lowest BCUT2D eigenvalue weighted by Crippen LogP contribution is -2.16. The summed E-state index contributed by atoms with van der Waals surface area (Å²) in [6.07, 6.45) is 1.48. The molecule has 3 rings (SSSR count). The number of benzene rings is 2. The number of ether oxygens (including phenoxy) is 2. The molecule has 28 heavy (non-hydrogen) atoms. The highest BCUT2D eigenvalue weighted by molar-refractivity contribution is 9.10. The van der Waals surface area contributed by atoms with Crippen molar-refractivity contribution in [3.63, 3.8) is 0 Å². The molecule has 0 spiro atoms. The Balaban J connectivity index is 1.69. The molecule has 0 aliphatic heterocycles. The van der Waals surface area contributed by atoms with Crippen LogP contribution < -0.4 is 14.9 Å². The fourth-order valence-electron chi connectivity index (χ4n) is 2.45. The monoisotopic (exact) mass is 441 g/mol. The highest BCUT2D eigenvalue weighted by atomic mass is 79.9. The molecule has 0 aliphatic rings. The minimum Gasteiger partial charge on any atom is -0.490 e. The maximum absolute atomic E-state index is 12.2. The summed E-state index contributed by atoms with van der Waals surface area (Å²) < 4.78 is 17.3. The standard InChI is InChI=1S/C20H16BrN3O4/c1-2-26-18-9-13(3-5-17(18)27-8-7-22)12-23-24-20(25)19-11-14-10-15(21)4-6-16(14)28-19/h3-6,9-12H,2,8H2,1H3,(H,24,25)/b23-12+. The van der Waals surface area contributed by atoms with Crippen LogP contribution >= 0.6 is 15.9 Å². The molecule has 142 valence electrons. The van der Waals surface area contributed by atoms with Crippen molar-refractivity contribution in [1.29, 1.82) is 5.26 Å². The number of halogens is 1. The number of carbonyl (C=O) groups excluding carboxylic acids is 1.